The Hall–Kier alpha value is -2.19. The molecule has 0 aliphatic carbocycles. The van der Waals surface area contributed by atoms with Gasteiger partial charge in [-0.05, 0) is 42.5 Å². The third-order valence-electron chi connectivity index (χ3n) is 3.26. The Morgan fingerprint density at radius 1 is 1.22 bits per heavy atom. The van der Waals surface area contributed by atoms with E-state index in [0.29, 0.717) is 10.8 Å². The Bertz CT molecular complexity index is 823. The second-order valence-electron chi connectivity index (χ2n) is 5.04. The Labute approximate surface area is 148 Å². The van der Waals surface area contributed by atoms with Crippen LogP contribution in [0.15, 0.2) is 52.0 Å². The number of amides is 1. The lowest BCUT2D eigenvalue weighted by Crippen LogP contribution is -2.27. The molecule has 1 amide bonds. The number of halogens is 1. The van der Waals surface area contributed by atoms with Crippen molar-refractivity contribution in [3.05, 3.63) is 52.5 Å². The molecule has 114 valence electrons. The standard InChI is InChI=1S/C15H12BBrN4OS/c16-8-1-6-12-11(7-8)13(14(22)19-12)20-21-15(23)18-10-4-2-9(17)3-5-10/h1-7H,16H2,(H2,18,21,23)(H,19,20,22). The van der Waals surface area contributed by atoms with E-state index < -0.39 is 0 Å². The number of hydrazone groups is 1. The van der Waals surface area contributed by atoms with E-state index >= 15 is 0 Å². The van der Waals surface area contributed by atoms with Crippen LogP contribution in [-0.4, -0.2) is 24.6 Å². The van der Waals surface area contributed by atoms with Crippen LogP contribution in [0.4, 0.5) is 11.4 Å². The SMILES string of the molecule is Bc1ccc2c(c1)/C(=N/NC(=S)Nc1ccc(Br)cc1)C(=O)N2. The van der Waals surface area contributed by atoms with Crippen molar-refractivity contribution in [2.75, 3.05) is 10.6 Å². The molecule has 0 saturated heterocycles. The van der Waals surface area contributed by atoms with Crippen LogP contribution in [-0.2, 0) is 4.79 Å². The Balaban J connectivity index is 1.73. The summed E-state index contributed by atoms with van der Waals surface area (Å²) in [6, 6.07) is 13.3. The van der Waals surface area contributed by atoms with Crippen molar-refractivity contribution in [2.24, 2.45) is 5.10 Å². The van der Waals surface area contributed by atoms with Gasteiger partial charge in [0.05, 0.1) is 5.69 Å². The molecule has 2 aromatic rings. The molecule has 1 heterocycles. The van der Waals surface area contributed by atoms with E-state index in [9.17, 15) is 4.79 Å². The molecule has 3 N–H and O–H groups in total. The molecule has 8 heteroatoms. The third kappa shape index (κ3) is 3.60. The van der Waals surface area contributed by atoms with E-state index in [1.165, 1.54) is 0 Å². The zero-order chi connectivity index (χ0) is 16.4. The lowest BCUT2D eigenvalue weighted by molar-refractivity contribution is -0.110. The maximum atomic E-state index is 12.0. The van der Waals surface area contributed by atoms with E-state index in [1.54, 1.807) is 0 Å². The molecule has 2 aromatic carbocycles. The van der Waals surface area contributed by atoms with E-state index in [2.05, 4.69) is 37.1 Å². The molecule has 23 heavy (non-hydrogen) atoms. The van der Waals surface area contributed by atoms with Gasteiger partial charge in [0.25, 0.3) is 5.91 Å². The van der Waals surface area contributed by atoms with Gasteiger partial charge >= 0.3 is 0 Å². The van der Waals surface area contributed by atoms with Crippen LogP contribution in [0, 0.1) is 0 Å². The van der Waals surface area contributed by atoms with Crippen molar-refractivity contribution < 1.29 is 4.79 Å². The lowest BCUT2D eigenvalue weighted by atomic mass is 9.93. The summed E-state index contributed by atoms with van der Waals surface area (Å²) in [5.74, 6) is -0.246. The number of fused-ring (bicyclic) bond motifs is 1. The van der Waals surface area contributed by atoms with Gasteiger partial charge in [-0.25, -0.2) is 0 Å². The second kappa shape index (κ2) is 6.51. The summed E-state index contributed by atoms with van der Waals surface area (Å²) in [7, 11) is 1.97. The maximum Gasteiger partial charge on any atom is 0.276 e. The average molecular weight is 387 g/mol. The lowest BCUT2D eigenvalue weighted by Gasteiger charge is -2.07. The molecule has 0 aromatic heterocycles. The highest BCUT2D eigenvalue weighted by Gasteiger charge is 2.26. The van der Waals surface area contributed by atoms with E-state index in [0.717, 1.165) is 26.9 Å². The van der Waals surface area contributed by atoms with Crippen molar-refractivity contribution in [2.45, 2.75) is 0 Å². The number of thiocarbonyl (C=S) groups is 1. The van der Waals surface area contributed by atoms with Crippen LogP contribution in [0.1, 0.15) is 5.56 Å². The van der Waals surface area contributed by atoms with Gasteiger partial charge in [-0.1, -0.05) is 33.5 Å². The molecule has 5 nitrogen and oxygen atoms in total. The smallest absolute Gasteiger partial charge is 0.276 e. The van der Waals surface area contributed by atoms with Gasteiger partial charge in [-0.2, -0.15) is 5.10 Å². The Morgan fingerprint density at radius 3 is 2.70 bits per heavy atom. The minimum Gasteiger partial charge on any atom is -0.331 e. The van der Waals surface area contributed by atoms with Crippen molar-refractivity contribution in [1.82, 2.24) is 5.43 Å². The van der Waals surface area contributed by atoms with Gasteiger partial charge in [0.1, 0.15) is 7.85 Å². The molecule has 0 radical (unpaired) electrons. The predicted octanol–water partition coefficient (Wildman–Crippen LogP) is 1.35. The first-order chi connectivity index (χ1) is 11.0. The largest absolute Gasteiger partial charge is 0.331 e. The molecule has 1 aliphatic rings. The van der Waals surface area contributed by atoms with Gasteiger partial charge in [0.2, 0.25) is 0 Å². The van der Waals surface area contributed by atoms with Crippen molar-refractivity contribution in [3.8, 4) is 0 Å². The Kier molecular flexibility index (Phi) is 4.45. The van der Waals surface area contributed by atoms with Gasteiger partial charge in [0.15, 0.2) is 10.8 Å². The van der Waals surface area contributed by atoms with Crippen LogP contribution < -0.4 is 21.5 Å². The fourth-order valence-electron chi connectivity index (χ4n) is 2.18. The number of benzene rings is 2. The van der Waals surface area contributed by atoms with E-state index in [1.807, 2.05) is 50.3 Å². The molecule has 0 saturated carbocycles. The number of carbonyl (C=O) groups is 1. The van der Waals surface area contributed by atoms with Gasteiger partial charge in [-0.3, -0.25) is 10.2 Å². The summed E-state index contributed by atoms with van der Waals surface area (Å²) in [6.45, 7) is 0. The molecule has 0 unspecified atom stereocenters. The summed E-state index contributed by atoms with van der Waals surface area (Å²) in [5, 5.41) is 10.2. The highest BCUT2D eigenvalue weighted by molar-refractivity contribution is 9.10. The van der Waals surface area contributed by atoms with Crippen LogP contribution in [0.25, 0.3) is 0 Å². The van der Waals surface area contributed by atoms with Crippen LogP contribution in [0.2, 0.25) is 0 Å². The molecule has 0 atom stereocenters. The maximum absolute atomic E-state index is 12.0. The zero-order valence-corrected chi connectivity index (χ0v) is 14.6. The molecule has 0 fully saturated rings. The monoisotopic (exact) mass is 386 g/mol. The number of anilines is 2. The highest BCUT2D eigenvalue weighted by Crippen LogP contribution is 2.21. The summed E-state index contributed by atoms with van der Waals surface area (Å²) in [4.78, 5) is 12.0. The number of nitrogens with one attached hydrogen (secondary N) is 3. The first kappa shape index (κ1) is 15.7. The fraction of sp³-hybridized carbons (Fsp3) is 0. The minimum absolute atomic E-state index is 0.246. The van der Waals surface area contributed by atoms with E-state index in [4.69, 9.17) is 12.2 Å². The number of carbonyl (C=O) groups excluding carboxylic acids is 1. The summed E-state index contributed by atoms with van der Waals surface area (Å²) >= 11 is 8.57. The quantitative estimate of drug-likeness (QED) is 0.414. The normalized spacial score (nSPS) is 14.3. The first-order valence-corrected chi connectivity index (χ1v) is 8.06. The topological polar surface area (TPSA) is 65.5 Å². The van der Waals surface area contributed by atoms with Crippen molar-refractivity contribution >= 4 is 69.6 Å². The van der Waals surface area contributed by atoms with Crippen LogP contribution in [0.5, 0.6) is 0 Å². The molecule has 0 bridgehead atoms. The molecule has 3 rings (SSSR count). The number of rotatable bonds is 2. The summed E-state index contributed by atoms with van der Waals surface area (Å²) in [6.07, 6.45) is 0. The summed E-state index contributed by atoms with van der Waals surface area (Å²) < 4.78 is 0.983. The van der Waals surface area contributed by atoms with E-state index in [-0.39, 0.29) is 5.91 Å². The Morgan fingerprint density at radius 2 is 1.96 bits per heavy atom. The minimum atomic E-state index is -0.246. The first-order valence-electron chi connectivity index (χ1n) is 6.85. The highest BCUT2D eigenvalue weighted by atomic mass is 79.9. The summed E-state index contributed by atoms with van der Waals surface area (Å²) in [5.41, 5.74) is 6.46. The number of hydrogen-bond donors (Lipinski definition) is 3. The number of nitrogens with zero attached hydrogens (tertiary/aromatic N) is 1. The molecule has 1 aliphatic heterocycles. The van der Waals surface area contributed by atoms with Crippen molar-refractivity contribution in [3.63, 3.8) is 0 Å². The average Bonchev–Trinajstić information content (AvgIpc) is 2.82. The van der Waals surface area contributed by atoms with Crippen molar-refractivity contribution in [1.29, 1.82) is 0 Å². The third-order valence-corrected chi connectivity index (χ3v) is 3.99. The molecule has 0 spiro atoms. The van der Waals surface area contributed by atoms with Gasteiger partial charge in [-0.15, -0.1) is 0 Å². The molecular weight excluding hydrogens is 375 g/mol. The van der Waals surface area contributed by atoms with Crippen LogP contribution >= 0.6 is 28.1 Å². The second-order valence-corrected chi connectivity index (χ2v) is 6.36. The fourth-order valence-corrected chi connectivity index (χ4v) is 2.60. The van der Waals surface area contributed by atoms with Gasteiger partial charge in [0, 0.05) is 15.7 Å². The number of hydrogen-bond acceptors (Lipinski definition) is 3. The van der Waals surface area contributed by atoms with Crippen LogP contribution in [0.3, 0.4) is 0 Å². The van der Waals surface area contributed by atoms with Gasteiger partial charge < -0.3 is 10.6 Å². The zero-order valence-electron chi connectivity index (χ0n) is 12.2. The predicted molar refractivity (Wildman–Crippen MR) is 103 cm³/mol. The molecular formula is C15H12BBrN4OS.